The Balaban J connectivity index is 1.83. The zero-order valence-electron chi connectivity index (χ0n) is 11.5. The minimum absolute atomic E-state index is 0.258. The standard InChI is InChI=1S/C16H11N5O/c22-15(11-4-3-7-17-10-11)20-16-19-13-6-2-1-5-12(13)14-18-8-9-21(14)16/h1-10H,(H,19,20,22). The number of aromatic nitrogens is 4. The van der Waals surface area contributed by atoms with Gasteiger partial charge in [-0.3, -0.25) is 19.5 Å². The number of pyridine rings is 1. The van der Waals surface area contributed by atoms with Crippen LogP contribution in [-0.2, 0) is 0 Å². The van der Waals surface area contributed by atoms with Crippen molar-refractivity contribution < 1.29 is 4.79 Å². The van der Waals surface area contributed by atoms with Gasteiger partial charge in [0.1, 0.15) is 5.65 Å². The summed E-state index contributed by atoms with van der Waals surface area (Å²) in [4.78, 5) is 25.1. The third-order valence-electron chi connectivity index (χ3n) is 3.39. The number of amides is 1. The summed E-state index contributed by atoms with van der Waals surface area (Å²) in [5.74, 6) is 0.172. The molecular weight excluding hydrogens is 278 g/mol. The third kappa shape index (κ3) is 1.98. The van der Waals surface area contributed by atoms with Gasteiger partial charge in [-0.2, -0.15) is 0 Å². The van der Waals surface area contributed by atoms with Gasteiger partial charge in [0.2, 0.25) is 5.95 Å². The van der Waals surface area contributed by atoms with Crippen molar-refractivity contribution in [3.05, 3.63) is 66.7 Å². The molecule has 106 valence electrons. The van der Waals surface area contributed by atoms with Gasteiger partial charge in [0.05, 0.1) is 11.1 Å². The fourth-order valence-electron chi connectivity index (χ4n) is 2.36. The molecule has 3 heterocycles. The summed E-state index contributed by atoms with van der Waals surface area (Å²) < 4.78 is 1.76. The number of hydrogen-bond donors (Lipinski definition) is 1. The molecule has 0 spiro atoms. The summed E-state index contributed by atoms with van der Waals surface area (Å²) in [6.07, 6.45) is 6.59. The minimum Gasteiger partial charge on any atom is -0.291 e. The lowest BCUT2D eigenvalue weighted by Crippen LogP contribution is -2.15. The summed E-state index contributed by atoms with van der Waals surface area (Å²) in [6, 6.07) is 11.1. The predicted molar refractivity (Wildman–Crippen MR) is 82.7 cm³/mol. The van der Waals surface area contributed by atoms with Gasteiger partial charge in [-0.25, -0.2) is 9.97 Å². The molecule has 4 aromatic rings. The molecule has 6 heteroatoms. The number of imidazole rings is 1. The van der Waals surface area contributed by atoms with Crippen molar-refractivity contribution in [2.75, 3.05) is 5.32 Å². The molecule has 0 saturated heterocycles. The number of nitrogens with one attached hydrogen (secondary N) is 1. The number of fused-ring (bicyclic) bond motifs is 3. The Bertz CT molecular complexity index is 978. The van der Waals surface area contributed by atoms with Gasteiger partial charge in [-0.05, 0) is 24.3 Å². The van der Waals surface area contributed by atoms with Crippen LogP contribution in [-0.4, -0.2) is 25.3 Å². The monoisotopic (exact) mass is 289 g/mol. The number of para-hydroxylation sites is 1. The van der Waals surface area contributed by atoms with E-state index in [1.807, 2.05) is 24.3 Å². The van der Waals surface area contributed by atoms with Crippen molar-refractivity contribution >= 4 is 28.4 Å². The molecule has 0 aliphatic heterocycles. The molecule has 1 aromatic carbocycles. The van der Waals surface area contributed by atoms with E-state index in [4.69, 9.17) is 0 Å². The summed E-state index contributed by atoms with van der Waals surface area (Å²) in [5.41, 5.74) is 2.01. The van der Waals surface area contributed by atoms with Crippen molar-refractivity contribution in [1.82, 2.24) is 19.4 Å². The van der Waals surface area contributed by atoms with Crippen molar-refractivity contribution in [2.24, 2.45) is 0 Å². The maximum Gasteiger partial charge on any atom is 0.259 e. The summed E-state index contributed by atoms with van der Waals surface area (Å²) in [6.45, 7) is 0. The van der Waals surface area contributed by atoms with E-state index < -0.39 is 0 Å². The highest BCUT2D eigenvalue weighted by Crippen LogP contribution is 2.20. The molecule has 0 bridgehead atoms. The second-order valence-electron chi connectivity index (χ2n) is 4.77. The van der Waals surface area contributed by atoms with Gasteiger partial charge in [-0.1, -0.05) is 12.1 Å². The molecule has 0 unspecified atom stereocenters. The van der Waals surface area contributed by atoms with Crippen LogP contribution in [0.1, 0.15) is 10.4 Å². The fourth-order valence-corrected chi connectivity index (χ4v) is 2.36. The van der Waals surface area contributed by atoms with Gasteiger partial charge in [0.15, 0.2) is 0 Å². The predicted octanol–water partition coefficient (Wildman–Crippen LogP) is 2.53. The number of rotatable bonds is 2. The number of carbonyl (C=O) groups is 1. The van der Waals surface area contributed by atoms with Crippen LogP contribution in [0.15, 0.2) is 61.2 Å². The second kappa shape index (κ2) is 4.92. The molecule has 0 radical (unpaired) electrons. The van der Waals surface area contributed by atoms with Crippen LogP contribution in [0, 0.1) is 0 Å². The maximum absolute atomic E-state index is 12.3. The average Bonchev–Trinajstić information content (AvgIpc) is 3.06. The van der Waals surface area contributed by atoms with Gasteiger partial charge in [-0.15, -0.1) is 0 Å². The molecule has 22 heavy (non-hydrogen) atoms. The first kappa shape index (κ1) is 12.5. The molecule has 3 aromatic heterocycles. The zero-order chi connectivity index (χ0) is 14.9. The lowest BCUT2D eigenvalue weighted by Gasteiger charge is -2.09. The van der Waals surface area contributed by atoms with Crippen LogP contribution in [0.5, 0.6) is 0 Å². The summed E-state index contributed by atoms with van der Waals surface area (Å²) in [5, 5.41) is 3.75. The number of benzene rings is 1. The first-order chi connectivity index (χ1) is 10.8. The summed E-state index contributed by atoms with van der Waals surface area (Å²) in [7, 11) is 0. The Hall–Kier alpha value is -3.28. The van der Waals surface area contributed by atoms with Crippen LogP contribution in [0.25, 0.3) is 16.6 Å². The van der Waals surface area contributed by atoms with Crippen LogP contribution < -0.4 is 5.32 Å². The normalized spacial score (nSPS) is 10.9. The van der Waals surface area contributed by atoms with Crippen LogP contribution in [0.4, 0.5) is 5.95 Å². The Morgan fingerprint density at radius 3 is 2.86 bits per heavy atom. The average molecular weight is 289 g/mol. The highest BCUT2D eigenvalue weighted by atomic mass is 16.1. The second-order valence-corrected chi connectivity index (χ2v) is 4.77. The molecule has 1 N–H and O–H groups in total. The molecule has 0 fully saturated rings. The fraction of sp³-hybridized carbons (Fsp3) is 0. The van der Waals surface area contributed by atoms with E-state index in [1.54, 1.807) is 35.1 Å². The van der Waals surface area contributed by atoms with E-state index in [0.717, 1.165) is 16.6 Å². The van der Waals surface area contributed by atoms with Crippen molar-refractivity contribution in [2.45, 2.75) is 0 Å². The smallest absolute Gasteiger partial charge is 0.259 e. The minimum atomic E-state index is -0.258. The van der Waals surface area contributed by atoms with Crippen LogP contribution in [0.2, 0.25) is 0 Å². The zero-order valence-corrected chi connectivity index (χ0v) is 11.5. The molecule has 4 rings (SSSR count). The Morgan fingerprint density at radius 2 is 2.00 bits per heavy atom. The molecule has 0 saturated carbocycles. The molecule has 0 aliphatic carbocycles. The Morgan fingerprint density at radius 1 is 1.09 bits per heavy atom. The van der Waals surface area contributed by atoms with E-state index in [9.17, 15) is 4.79 Å². The Labute approximate surface area is 125 Å². The molecule has 0 aliphatic rings. The van der Waals surface area contributed by atoms with E-state index in [1.165, 1.54) is 6.20 Å². The molecule has 0 atom stereocenters. The molecule has 1 amide bonds. The number of nitrogens with zero attached hydrogens (tertiary/aromatic N) is 4. The number of anilines is 1. The van der Waals surface area contributed by atoms with E-state index in [2.05, 4.69) is 20.3 Å². The quantitative estimate of drug-likeness (QED) is 0.615. The van der Waals surface area contributed by atoms with Crippen molar-refractivity contribution in [3.8, 4) is 0 Å². The van der Waals surface area contributed by atoms with E-state index >= 15 is 0 Å². The third-order valence-corrected chi connectivity index (χ3v) is 3.39. The summed E-state index contributed by atoms with van der Waals surface area (Å²) >= 11 is 0. The Kier molecular flexibility index (Phi) is 2.79. The van der Waals surface area contributed by atoms with Crippen LogP contribution >= 0.6 is 0 Å². The lowest BCUT2D eigenvalue weighted by atomic mass is 10.2. The van der Waals surface area contributed by atoms with E-state index in [-0.39, 0.29) is 5.91 Å². The highest BCUT2D eigenvalue weighted by Gasteiger charge is 2.12. The maximum atomic E-state index is 12.3. The lowest BCUT2D eigenvalue weighted by molar-refractivity contribution is 0.102. The van der Waals surface area contributed by atoms with Crippen molar-refractivity contribution in [1.29, 1.82) is 0 Å². The van der Waals surface area contributed by atoms with Gasteiger partial charge < -0.3 is 0 Å². The number of hydrogen-bond acceptors (Lipinski definition) is 4. The highest BCUT2D eigenvalue weighted by molar-refractivity contribution is 6.04. The number of carbonyl (C=O) groups excluding carboxylic acids is 1. The topological polar surface area (TPSA) is 72.2 Å². The molecular formula is C16H11N5O. The first-order valence-corrected chi connectivity index (χ1v) is 6.76. The van der Waals surface area contributed by atoms with Crippen molar-refractivity contribution in [3.63, 3.8) is 0 Å². The van der Waals surface area contributed by atoms with Gasteiger partial charge in [0, 0.05) is 30.2 Å². The van der Waals surface area contributed by atoms with Crippen LogP contribution in [0.3, 0.4) is 0 Å². The first-order valence-electron chi connectivity index (χ1n) is 6.76. The molecule has 6 nitrogen and oxygen atoms in total. The van der Waals surface area contributed by atoms with Gasteiger partial charge in [0.25, 0.3) is 5.91 Å². The largest absolute Gasteiger partial charge is 0.291 e. The SMILES string of the molecule is O=C(Nc1nc2ccccc2c2nccn12)c1cccnc1. The van der Waals surface area contributed by atoms with E-state index in [0.29, 0.717) is 11.5 Å². The van der Waals surface area contributed by atoms with Gasteiger partial charge >= 0.3 is 0 Å².